The molecule has 0 radical (unpaired) electrons. The van der Waals surface area contributed by atoms with E-state index in [0.29, 0.717) is 5.56 Å². The Morgan fingerprint density at radius 3 is 2.21 bits per heavy atom. The van der Waals surface area contributed by atoms with E-state index in [4.69, 9.17) is 10.8 Å². The largest absolute Gasteiger partial charge is 0.508 e. The average Bonchev–Trinajstić information content (AvgIpc) is 2.65. The fourth-order valence-corrected chi connectivity index (χ4v) is 2.10. The number of carboxylic acids is 1. The summed E-state index contributed by atoms with van der Waals surface area (Å²) in [6, 6.07) is 2.61. The Morgan fingerprint density at radius 2 is 1.68 bits per heavy atom. The van der Waals surface area contributed by atoms with Crippen molar-refractivity contribution < 1.29 is 34.5 Å². The van der Waals surface area contributed by atoms with Crippen molar-refractivity contribution >= 4 is 23.7 Å². The Labute approximate surface area is 160 Å². The van der Waals surface area contributed by atoms with E-state index in [0.717, 1.165) is 0 Å². The van der Waals surface area contributed by atoms with Gasteiger partial charge in [-0.15, -0.1) is 0 Å². The third-order valence-electron chi connectivity index (χ3n) is 3.72. The number of aliphatic carboxylic acids is 1. The number of aromatic hydroxyl groups is 1. The molecule has 0 heterocycles. The third-order valence-corrected chi connectivity index (χ3v) is 3.72. The van der Waals surface area contributed by atoms with Crippen LogP contribution in [0.3, 0.4) is 0 Å². The van der Waals surface area contributed by atoms with E-state index >= 15 is 0 Å². The van der Waals surface area contributed by atoms with E-state index in [1.807, 2.05) is 0 Å². The fraction of sp³-hybridized carbons (Fsp3) is 0.412. The highest BCUT2D eigenvalue weighted by molar-refractivity contribution is 5.92. The van der Waals surface area contributed by atoms with Crippen molar-refractivity contribution in [1.29, 1.82) is 0 Å². The number of carbonyl (C=O) groups is 4. The Bertz CT molecular complexity index is 708. The van der Waals surface area contributed by atoms with E-state index in [9.17, 15) is 29.4 Å². The maximum atomic E-state index is 12.1. The molecule has 0 aromatic heterocycles. The number of benzene rings is 1. The highest BCUT2D eigenvalue weighted by atomic mass is 16.4. The van der Waals surface area contributed by atoms with E-state index in [-0.39, 0.29) is 12.2 Å². The van der Waals surface area contributed by atoms with Gasteiger partial charge >= 0.3 is 5.97 Å². The number of carbonyl (C=O) groups excluding carboxylic acids is 3. The summed E-state index contributed by atoms with van der Waals surface area (Å²) in [5.41, 5.74) is 6.48. The summed E-state index contributed by atoms with van der Waals surface area (Å²) in [6.07, 6.45) is 0.140. The molecule has 0 saturated heterocycles. The summed E-state index contributed by atoms with van der Waals surface area (Å²) < 4.78 is 0. The monoisotopic (exact) mass is 396 g/mol. The molecule has 3 atom stereocenters. The van der Waals surface area contributed by atoms with Gasteiger partial charge in [-0.05, 0) is 31.0 Å². The Hall–Kier alpha value is -3.18. The summed E-state index contributed by atoms with van der Waals surface area (Å²) in [6.45, 7) is 0.00727. The van der Waals surface area contributed by atoms with Crippen LogP contribution in [0.4, 0.5) is 0 Å². The molecule has 0 aliphatic carbocycles. The number of amides is 3. The van der Waals surface area contributed by atoms with Gasteiger partial charge in [-0.2, -0.15) is 0 Å². The molecular formula is C17H24N4O7. The third kappa shape index (κ3) is 7.60. The zero-order chi connectivity index (χ0) is 21.3. The molecule has 0 aliphatic heterocycles. The van der Waals surface area contributed by atoms with Gasteiger partial charge in [0.05, 0.1) is 19.2 Å². The van der Waals surface area contributed by atoms with Crippen molar-refractivity contribution in [2.24, 2.45) is 5.73 Å². The van der Waals surface area contributed by atoms with Crippen molar-refractivity contribution in [3.8, 4) is 5.75 Å². The van der Waals surface area contributed by atoms with E-state index < -0.39 is 55.0 Å². The minimum Gasteiger partial charge on any atom is -0.508 e. The first-order valence-corrected chi connectivity index (χ1v) is 8.38. The van der Waals surface area contributed by atoms with Crippen molar-refractivity contribution in [2.45, 2.75) is 31.5 Å². The molecule has 0 bridgehead atoms. The van der Waals surface area contributed by atoms with Gasteiger partial charge in [0.1, 0.15) is 17.8 Å². The molecular weight excluding hydrogens is 372 g/mol. The summed E-state index contributed by atoms with van der Waals surface area (Å²) in [5.74, 6) is -3.42. The van der Waals surface area contributed by atoms with Crippen LogP contribution in [0, 0.1) is 0 Å². The van der Waals surface area contributed by atoms with Crippen LogP contribution in [0.2, 0.25) is 0 Å². The molecule has 28 heavy (non-hydrogen) atoms. The lowest BCUT2D eigenvalue weighted by Gasteiger charge is -2.19. The number of carboxylic acid groups (broad SMARTS) is 1. The quantitative estimate of drug-likeness (QED) is 0.225. The maximum absolute atomic E-state index is 12.1. The summed E-state index contributed by atoms with van der Waals surface area (Å²) in [5, 5.41) is 33.9. The van der Waals surface area contributed by atoms with Crippen molar-refractivity contribution in [1.82, 2.24) is 16.0 Å². The Balaban J connectivity index is 2.51. The molecule has 11 nitrogen and oxygen atoms in total. The lowest BCUT2D eigenvalue weighted by Crippen LogP contribution is -2.55. The van der Waals surface area contributed by atoms with Crippen LogP contribution in [-0.2, 0) is 25.6 Å². The number of aliphatic hydroxyl groups excluding tert-OH is 1. The van der Waals surface area contributed by atoms with E-state index in [1.165, 1.54) is 19.1 Å². The van der Waals surface area contributed by atoms with Gasteiger partial charge in [0.25, 0.3) is 0 Å². The summed E-state index contributed by atoms with van der Waals surface area (Å²) in [4.78, 5) is 46.3. The van der Waals surface area contributed by atoms with Crippen molar-refractivity contribution in [3.05, 3.63) is 29.8 Å². The van der Waals surface area contributed by atoms with Crippen LogP contribution < -0.4 is 21.7 Å². The molecule has 154 valence electrons. The number of nitrogens with one attached hydrogen (secondary N) is 3. The van der Waals surface area contributed by atoms with E-state index in [1.54, 1.807) is 12.1 Å². The number of nitrogens with two attached hydrogens (primary N) is 1. The first kappa shape index (κ1) is 22.9. The Morgan fingerprint density at radius 1 is 1.07 bits per heavy atom. The van der Waals surface area contributed by atoms with Gasteiger partial charge in [-0.1, -0.05) is 12.1 Å². The molecule has 0 aliphatic rings. The molecule has 3 unspecified atom stereocenters. The highest BCUT2D eigenvalue weighted by Crippen LogP contribution is 2.10. The van der Waals surface area contributed by atoms with Crippen molar-refractivity contribution in [3.63, 3.8) is 0 Å². The Kier molecular flexibility index (Phi) is 8.85. The summed E-state index contributed by atoms with van der Waals surface area (Å²) in [7, 11) is 0. The highest BCUT2D eigenvalue weighted by Gasteiger charge is 2.24. The zero-order valence-electron chi connectivity index (χ0n) is 15.2. The molecule has 3 amide bonds. The molecule has 0 saturated carbocycles. The van der Waals surface area contributed by atoms with Crippen LogP contribution >= 0.6 is 0 Å². The van der Waals surface area contributed by atoms with Crippen LogP contribution in [0.1, 0.15) is 12.5 Å². The van der Waals surface area contributed by atoms with Gasteiger partial charge in [0, 0.05) is 0 Å². The van der Waals surface area contributed by atoms with Crippen LogP contribution in [-0.4, -0.2) is 70.3 Å². The number of hydrogen-bond donors (Lipinski definition) is 7. The predicted octanol–water partition coefficient (Wildman–Crippen LogP) is -2.56. The molecule has 1 aromatic carbocycles. The second-order valence-corrected chi connectivity index (χ2v) is 6.07. The molecule has 8 N–H and O–H groups in total. The predicted molar refractivity (Wildman–Crippen MR) is 97.1 cm³/mol. The smallest absolute Gasteiger partial charge is 0.325 e. The molecule has 1 aromatic rings. The molecule has 1 rings (SSSR count). The second kappa shape index (κ2) is 10.8. The average molecular weight is 396 g/mol. The fourth-order valence-electron chi connectivity index (χ4n) is 2.10. The lowest BCUT2D eigenvalue weighted by molar-refractivity contribution is -0.141. The topological polar surface area (TPSA) is 191 Å². The van der Waals surface area contributed by atoms with Crippen molar-refractivity contribution in [2.75, 3.05) is 13.2 Å². The minimum absolute atomic E-state index is 0.0700. The van der Waals surface area contributed by atoms with Gasteiger partial charge < -0.3 is 37.0 Å². The first-order chi connectivity index (χ1) is 13.1. The molecule has 11 heteroatoms. The number of phenols is 1. The maximum Gasteiger partial charge on any atom is 0.325 e. The minimum atomic E-state index is -1.33. The molecule has 0 fully saturated rings. The summed E-state index contributed by atoms with van der Waals surface area (Å²) >= 11 is 0. The van der Waals surface area contributed by atoms with Crippen LogP contribution in [0.5, 0.6) is 5.75 Å². The molecule has 0 spiro atoms. The van der Waals surface area contributed by atoms with E-state index in [2.05, 4.69) is 16.0 Å². The number of phenolic OH excluding ortho intramolecular Hbond substituents is 1. The number of hydrogen-bond acceptors (Lipinski definition) is 7. The second-order valence-electron chi connectivity index (χ2n) is 6.07. The van der Waals surface area contributed by atoms with Gasteiger partial charge in [0.2, 0.25) is 17.7 Å². The van der Waals surface area contributed by atoms with Gasteiger partial charge in [0.15, 0.2) is 0 Å². The lowest BCUT2D eigenvalue weighted by atomic mass is 10.1. The first-order valence-electron chi connectivity index (χ1n) is 8.38. The number of aliphatic hydroxyl groups is 1. The number of rotatable bonds is 10. The van der Waals surface area contributed by atoms with Crippen LogP contribution in [0.25, 0.3) is 0 Å². The van der Waals surface area contributed by atoms with Crippen LogP contribution in [0.15, 0.2) is 24.3 Å². The normalized spacial score (nSPS) is 13.7. The van der Waals surface area contributed by atoms with Gasteiger partial charge in [-0.25, -0.2) is 0 Å². The SMILES string of the molecule is CC(NC(=O)CNC(=O)C(CO)NC(=O)C(N)Cc1ccc(O)cc1)C(=O)O. The van der Waals surface area contributed by atoms with Gasteiger partial charge in [-0.3, -0.25) is 19.2 Å². The zero-order valence-corrected chi connectivity index (χ0v) is 15.2. The standard InChI is InChI=1S/C17H24N4O7/c1-9(17(27)28)20-14(24)7-19-16(26)13(8-22)21-15(25)12(18)6-10-2-4-11(23)5-3-10/h2-5,9,12-13,22-23H,6-8,18H2,1H3,(H,19,26)(H,20,24)(H,21,25)(H,27,28).